The lowest BCUT2D eigenvalue weighted by atomic mass is 10.0. The van der Waals surface area contributed by atoms with Crippen LogP contribution in [0.4, 0.5) is 11.4 Å². The Morgan fingerprint density at radius 2 is 1.69 bits per heavy atom. The fourth-order valence-corrected chi connectivity index (χ4v) is 3.90. The third-order valence-electron chi connectivity index (χ3n) is 5.44. The molecule has 0 radical (unpaired) electrons. The summed E-state index contributed by atoms with van der Waals surface area (Å²) in [6.07, 6.45) is 7.64. The molecular formula is C24H25N3O2. The van der Waals surface area contributed by atoms with Crippen molar-refractivity contribution >= 4 is 33.8 Å². The summed E-state index contributed by atoms with van der Waals surface area (Å²) >= 11 is 0. The minimum Gasteiger partial charge on any atom is -0.371 e. The molecule has 5 nitrogen and oxygen atoms in total. The molecule has 0 saturated carbocycles. The summed E-state index contributed by atoms with van der Waals surface area (Å²) in [6, 6.07) is 15.1. The van der Waals surface area contributed by atoms with Crippen molar-refractivity contribution in [2.24, 2.45) is 0 Å². The van der Waals surface area contributed by atoms with Crippen molar-refractivity contribution in [2.45, 2.75) is 32.1 Å². The molecule has 3 aromatic rings. The number of aromatic nitrogens is 1. The average Bonchev–Trinajstić information content (AvgIpc) is 2.79. The highest BCUT2D eigenvalue weighted by Crippen LogP contribution is 2.33. The number of pyridine rings is 1. The molecule has 1 N–H and O–H groups in total. The van der Waals surface area contributed by atoms with Crippen LogP contribution in [0.25, 0.3) is 10.8 Å². The maximum Gasteiger partial charge on any atom is 0.224 e. The molecule has 5 heteroatoms. The lowest BCUT2D eigenvalue weighted by molar-refractivity contribution is -0.116. The molecule has 0 spiro atoms. The predicted octanol–water partition coefficient (Wildman–Crippen LogP) is 4.83. The third kappa shape index (κ3) is 4.45. The van der Waals surface area contributed by atoms with Gasteiger partial charge in [0.1, 0.15) is 0 Å². The van der Waals surface area contributed by atoms with Gasteiger partial charge in [-0.2, -0.15) is 0 Å². The normalized spacial score (nSPS) is 14.0. The second kappa shape index (κ2) is 8.86. The fourth-order valence-electron chi connectivity index (χ4n) is 3.90. The first-order valence-electron chi connectivity index (χ1n) is 10.2. The van der Waals surface area contributed by atoms with Gasteiger partial charge >= 0.3 is 0 Å². The Balaban J connectivity index is 1.48. The van der Waals surface area contributed by atoms with Crippen LogP contribution in [0.15, 0.2) is 60.9 Å². The molecule has 1 aliphatic rings. The molecule has 0 atom stereocenters. The number of carbonyl (C=O) groups excluding carboxylic acids is 2. The number of hydrogen-bond donors (Lipinski definition) is 1. The molecule has 1 aromatic heterocycles. The van der Waals surface area contributed by atoms with Crippen molar-refractivity contribution in [3.05, 3.63) is 66.5 Å². The number of ketones is 1. The van der Waals surface area contributed by atoms with Gasteiger partial charge in [-0.05, 0) is 37.5 Å². The monoisotopic (exact) mass is 387 g/mol. The number of anilines is 2. The van der Waals surface area contributed by atoms with Crippen molar-refractivity contribution in [3.63, 3.8) is 0 Å². The van der Waals surface area contributed by atoms with E-state index < -0.39 is 0 Å². The van der Waals surface area contributed by atoms with Crippen LogP contribution in [0, 0.1) is 0 Å². The zero-order chi connectivity index (χ0) is 20.1. The van der Waals surface area contributed by atoms with E-state index in [1.807, 2.05) is 30.3 Å². The Morgan fingerprint density at radius 3 is 2.48 bits per heavy atom. The van der Waals surface area contributed by atoms with Gasteiger partial charge in [-0.1, -0.05) is 30.3 Å². The second-order valence-corrected chi connectivity index (χ2v) is 7.44. The highest BCUT2D eigenvalue weighted by Gasteiger charge is 2.16. The maximum absolute atomic E-state index is 12.5. The van der Waals surface area contributed by atoms with Gasteiger partial charge in [0.2, 0.25) is 5.91 Å². The first kappa shape index (κ1) is 19.1. The first-order chi connectivity index (χ1) is 14.2. The van der Waals surface area contributed by atoms with Gasteiger partial charge in [-0.15, -0.1) is 0 Å². The van der Waals surface area contributed by atoms with Crippen LogP contribution in [0.5, 0.6) is 0 Å². The van der Waals surface area contributed by atoms with Gasteiger partial charge in [-0.25, -0.2) is 0 Å². The summed E-state index contributed by atoms with van der Waals surface area (Å²) in [5.74, 6) is -0.183. The molecule has 2 heterocycles. The standard InChI is InChI=1S/C24H25N3O2/c28-23(18-7-3-1-4-8-18)11-12-24(29)26-21-9-10-22(27-15-5-2-6-16-27)19-13-14-25-17-20(19)21/h1,3-4,7-10,13-14,17H,2,5-6,11-12,15-16H2,(H,26,29). The number of hydrogen-bond acceptors (Lipinski definition) is 4. The zero-order valence-corrected chi connectivity index (χ0v) is 16.4. The van der Waals surface area contributed by atoms with E-state index in [9.17, 15) is 9.59 Å². The quantitative estimate of drug-likeness (QED) is 0.616. The molecule has 1 saturated heterocycles. The van der Waals surface area contributed by atoms with E-state index in [4.69, 9.17) is 0 Å². The van der Waals surface area contributed by atoms with Crippen LogP contribution in [0.3, 0.4) is 0 Å². The van der Waals surface area contributed by atoms with Crippen molar-refractivity contribution in [2.75, 3.05) is 23.3 Å². The Hall–Kier alpha value is -3.21. The number of nitrogens with one attached hydrogen (secondary N) is 1. The Bertz CT molecular complexity index is 1010. The lowest BCUT2D eigenvalue weighted by Gasteiger charge is -2.30. The number of fused-ring (bicyclic) bond motifs is 1. The number of Topliss-reactive ketones (excluding diaryl/α,β-unsaturated/α-hetero) is 1. The molecule has 0 unspecified atom stereocenters. The molecule has 1 amide bonds. The zero-order valence-electron chi connectivity index (χ0n) is 16.4. The minimum absolute atomic E-state index is 0.0206. The van der Waals surface area contributed by atoms with Gasteiger partial charge < -0.3 is 10.2 Å². The van der Waals surface area contributed by atoms with E-state index >= 15 is 0 Å². The molecule has 29 heavy (non-hydrogen) atoms. The van der Waals surface area contributed by atoms with Crippen molar-refractivity contribution in [1.29, 1.82) is 0 Å². The molecule has 4 rings (SSSR count). The molecule has 2 aromatic carbocycles. The number of carbonyl (C=O) groups is 2. The van der Waals surface area contributed by atoms with Crippen LogP contribution in [-0.2, 0) is 4.79 Å². The summed E-state index contributed by atoms with van der Waals surface area (Å²) in [6.45, 7) is 2.12. The van der Waals surface area contributed by atoms with E-state index in [0.717, 1.165) is 29.5 Å². The summed E-state index contributed by atoms with van der Waals surface area (Å²) in [5.41, 5.74) is 2.58. The van der Waals surface area contributed by atoms with Crippen LogP contribution in [-0.4, -0.2) is 29.8 Å². The van der Waals surface area contributed by atoms with Crippen molar-refractivity contribution in [1.82, 2.24) is 4.98 Å². The first-order valence-corrected chi connectivity index (χ1v) is 10.2. The third-order valence-corrected chi connectivity index (χ3v) is 5.44. The van der Waals surface area contributed by atoms with Gasteiger partial charge in [0, 0.05) is 60.3 Å². The van der Waals surface area contributed by atoms with Crippen molar-refractivity contribution in [3.8, 4) is 0 Å². The average molecular weight is 387 g/mol. The highest BCUT2D eigenvalue weighted by molar-refractivity contribution is 6.07. The highest BCUT2D eigenvalue weighted by atomic mass is 16.2. The topological polar surface area (TPSA) is 62.3 Å². The van der Waals surface area contributed by atoms with Crippen molar-refractivity contribution < 1.29 is 9.59 Å². The van der Waals surface area contributed by atoms with Gasteiger partial charge in [-0.3, -0.25) is 14.6 Å². The second-order valence-electron chi connectivity index (χ2n) is 7.44. The van der Waals surface area contributed by atoms with E-state index in [1.165, 1.54) is 24.9 Å². The summed E-state index contributed by atoms with van der Waals surface area (Å²) in [7, 11) is 0. The smallest absolute Gasteiger partial charge is 0.224 e. The van der Waals surface area contributed by atoms with Crippen LogP contribution in [0.2, 0.25) is 0 Å². The van der Waals surface area contributed by atoms with Gasteiger partial charge in [0.15, 0.2) is 5.78 Å². The minimum atomic E-state index is -0.162. The Kier molecular flexibility index (Phi) is 5.84. The lowest BCUT2D eigenvalue weighted by Crippen LogP contribution is -2.29. The molecular weight excluding hydrogens is 362 g/mol. The number of amides is 1. The number of nitrogens with zero attached hydrogens (tertiary/aromatic N) is 2. The van der Waals surface area contributed by atoms with Gasteiger partial charge in [0.05, 0.1) is 5.69 Å². The molecule has 0 bridgehead atoms. The number of benzene rings is 2. The number of rotatable bonds is 6. The SMILES string of the molecule is O=C(CCC(=O)c1ccccc1)Nc1ccc(N2CCCCC2)c2ccncc12. The largest absolute Gasteiger partial charge is 0.371 e. The van der Waals surface area contributed by atoms with E-state index in [-0.39, 0.29) is 24.5 Å². The molecule has 0 aliphatic carbocycles. The van der Waals surface area contributed by atoms with Crippen LogP contribution in [0.1, 0.15) is 42.5 Å². The molecule has 148 valence electrons. The van der Waals surface area contributed by atoms with Gasteiger partial charge in [0.25, 0.3) is 0 Å². The Labute approximate surface area is 170 Å². The van der Waals surface area contributed by atoms with Crippen LogP contribution >= 0.6 is 0 Å². The van der Waals surface area contributed by atoms with E-state index in [0.29, 0.717) is 5.56 Å². The number of piperidine rings is 1. The molecule has 1 aliphatic heterocycles. The summed E-state index contributed by atoms with van der Waals surface area (Å²) in [5, 5.41) is 5.00. The summed E-state index contributed by atoms with van der Waals surface area (Å²) < 4.78 is 0. The summed E-state index contributed by atoms with van der Waals surface area (Å²) in [4.78, 5) is 31.4. The maximum atomic E-state index is 12.5. The Morgan fingerprint density at radius 1 is 0.897 bits per heavy atom. The van der Waals surface area contributed by atoms with Crippen LogP contribution < -0.4 is 10.2 Å². The van der Waals surface area contributed by atoms with E-state index in [1.54, 1.807) is 24.5 Å². The molecule has 1 fully saturated rings. The van der Waals surface area contributed by atoms with E-state index in [2.05, 4.69) is 21.3 Å². The fraction of sp³-hybridized carbons (Fsp3) is 0.292. The predicted molar refractivity (Wildman–Crippen MR) is 116 cm³/mol.